The minimum absolute atomic E-state index is 0.0304. The van der Waals surface area contributed by atoms with Crippen molar-refractivity contribution < 1.29 is 12.8 Å². The monoisotopic (exact) mass is 304 g/mol. The van der Waals surface area contributed by atoms with Gasteiger partial charge in [0.25, 0.3) is 0 Å². The summed E-state index contributed by atoms with van der Waals surface area (Å²) in [6, 6.07) is 3.59. The van der Waals surface area contributed by atoms with Crippen LogP contribution in [0.2, 0.25) is 0 Å². The van der Waals surface area contributed by atoms with Crippen LogP contribution in [-0.2, 0) is 10.0 Å². The van der Waals surface area contributed by atoms with Crippen LogP contribution >= 0.6 is 11.8 Å². The van der Waals surface area contributed by atoms with E-state index in [9.17, 15) is 12.8 Å². The summed E-state index contributed by atoms with van der Waals surface area (Å²) in [6.45, 7) is 0.334. The number of nitrogens with one attached hydrogen (secondary N) is 1. The standard InChI is InChI=1S/C12H17FN2O2S2/c1-18-12(5-2-6-12)8-15-19(16,17)11-4-3-9(14)7-10(11)13/h3-4,7,15H,2,5-6,8,14H2,1H3. The van der Waals surface area contributed by atoms with Crippen molar-refractivity contribution in [3.63, 3.8) is 0 Å². The number of thioether (sulfide) groups is 1. The van der Waals surface area contributed by atoms with E-state index in [1.54, 1.807) is 11.8 Å². The summed E-state index contributed by atoms with van der Waals surface area (Å²) < 4.78 is 40.2. The zero-order chi connectivity index (χ0) is 14.1. The van der Waals surface area contributed by atoms with Crippen molar-refractivity contribution in [2.45, 2.75) is 28.9 Å². The normalized spacial score (nSPS) is 18.0. The van der Waals surface area contributed by atoms with Crippen LogP contribution < -0.4 is 10.5 Å². The molecule has 1 saturated carbocycles. The second-order valence-corrected chi connectivity index (χ2v) is 7.76. The predicted molar refractivity (Wildman–Crippen MR) is 76.1 cm³/mol. The van der Waals surface area contributed by atoms with Crippen LogP contribution in [0.15, 0.2) is 23.1 Å². The van der Waals surface area contributed by atoms with Gasteiger partial charge in [-0.15, -0.1) is 0 Å². The van der Waals surface area contributed by atoms with Gasteiger partial charge in [0.15, 0.2) is 0 Å². The molecule has 0 saturated heterocycles. The number of sulfonamides is 1. The summed E-state index contributed by atoms with van der Waals surface area (Å²) in [5.41, 5.74) is 5.61. The van der Waals surface area contributed by atoms with E-state index >= 15 is 0 Å². The van der Waals surface area contributed by atoms with Crippen molar-refractivity contribution in [3.8, 4) is 0 Å². The van der Waals surface area contributed by atoms with Crippen LogP contribution in [0, 0.1) is 5.82 Å². The first kappa shape index (κ1) is 14.6. The maximum Gasteiger partial charge on any atom is 0.243 e. The Morgan fingerprint density at radius 2 is 2.16 bits per heavy atom. The maximum absolute atomic E-state index is 13.6. The van der Waals surface area contributed by atoms with E-state index in [0.29, 0.717) is 6.54 Å². The second kappa shape index (κ2) is 5.30. The Hall–Kier alpha value is -0.790. The molecule has 106 valence electrons. The van der Waals surface area contributed by atoms with Crippen LogP contribution in [0.5, 0.6) is 0 Å². The van der Waals surface area contributed by atoms with Crippen molar-refractivity contribution in [1.29, 1.82) is 0 Å². The predicted octanol–water partition coefficient (Wildman–Crippen LogP) is 1.97. The van der Waals surface area contributed by atoms with E-state index in [1.807, 2.05) is 6.26 Å². The average Bonchev–Trinajstić information content (AvgIpc) is 2.27. The molecule has 0 heterocycles. The van der Waals surface area contributed by atoms with Gasteiger partial charge in [0, 0.05) is 17.0 Å². The molecule has 7 heteroatoms. The highest BCUT2D eigenvalue weighted by atomic mass is 32.2. The molecule has 1 aliphatic carbocycles. The summed E-state index contributed by atoms with van der Waals surface area (Å²) in [5, 5.41) is 0. The van der Waals surface area contributed by atoms with Gasteiger partial charge in [-0.05, 0) is 37.3 Å². The molecule has 0 unspecified atom stereocenters. The van der Waals surface area contributed by atoms with Gasteiger partial charge in [-0.25, -0.2) is 17.5 Å². The summed E-state index contributed by atoms with van der Waals surface area (Å²) in [6.07, 6.45) is 5.05. The number of halogens is 1. The molecule has 1 aromatic rings. The molecule has 3 N–H and O–H groups in total. The lowest BCUT2D eigenvalue weighted by Crippen LogP contribution is -2.45. The van der Waals surface area contributed by atoms with Gasteiger partial charge in [0.2, 0.25) is 10.0 Å². The first-order valence-electron chi connectivity index (χ1n) is 5.98. The third kappa shape index (κ3) is 3.04. The third-order valence-electron chi connectivity index (χ3n) is 3.53. The van der Waals surface area contributed by atoms with Gasteiger partial charge in [-0.2, -0.15) is 11.8 Å². The number of benzene rings is 1. The molecule has 1 aromatic carbocycles. The summed E-state index contributed by atoms with van der Waals surface area (Å²) in [5.74, 6) is -0.820. The van der Waals surface area contributed by atoms with Crippen LogP contribution in [-0.4, -0.2) is 26.0 Å². The van der Waals surface area contributed by atoms with Gasteiger partial charge >= 0.3 is 0 Å². The van der Waals surface area contributed by atoms with E-state index in [-0.39, 0.29) is 15.3 Å². The average molecular weight is 304 g/mol. The highest BCUT2D eigenvalue weighted by molar-refractivity contribution is 8.00. The second-order valence-electron chi connectivity index (χ2n) is 4.76. The Balaban J connectivity index is 2.14. The first-order chi connectivity index (χ1) is 8.88. The molecular formula is C12H17FN2O2S2. The summed E-state index contributed by atoms with van der Waals surface area (Å²) in [7, 11) is -3.82. The van der Waals surface area contributed by atoms with Gasteiger partial charge in [-0.1, -0.05) is 6.42 Å². The van der Waals surface area contributed by atoms with Gasteiger partial charge in [0.1, 0.15) is 10.7 Å². The minimum atomic E-state index is -3.82. The van der Waals surface area contributed by atoms with Gasteiger partial charge < -0.3 is 5.73 Å². The first-order valence-corrected chi connectivity index (χ1v) is 8.69. The van der Waals surface area contributed by atoms with E-state index in [2.05, 4.69) is 4.72 Å². The molecular weight excluding hydrogens is 287 g/mol. The molecule has 0 radical (unpaired) electrons. The molecule has 0 spiro atoms. The largest absolute Gasteiger partial charge is 0.399 e. The van der Waals surface area contributed by atoms with Crippen LogP contribution in [0.1, 0.15) is 19.3 Å². The van der Waals surface area contributed by atoms with Gasteiger partial charge in [0.05, 0.1) is 0 Å². The van der Waals surface area contributed by atoms with Crippen molar-refractivity contribution >= 4 is 27.5 Å². The fourth-order valence-electron chi connectivity index (χ4n) is 2.06. The number of hydrogen-bond donors (Lipinski definition) is 2. The molecule has 2 rings (SSSR count). The Labute approximate surface area is 117 Å². The van der Waals surface area contributed by atoms with Crippen LogP contribution in [0.25, 0.3) is 0 Å². The Morgan fingerprint density at radius 3 is 2.63 bits per heavy atom. The number of rotatable bonds is 5. The fraction of sp³-hybridized carbons (Fsp3) is 0.500. The van der Waals surface area contributed by atoms with E-state index < -0.39 is 15.8 Å². The number of hydrogen-bond acceptors (Lipinski definition) is 4. The zero-order valence-corrected chi connectivity index (χ0v) is 12.3. The lowest BCUT2D eigenvalue weighted by atomic mass is 9.84. The quantitative estimate of drug-likeness (QED) is 0.816. The fourth-order valence-corrected chi connectivity index (χ4v) is 4.25. The lowest BCUT2D eigenvalue weighted by Gasteiger charge is -2.40. The van der Waals surface area contributed by atoms with Crippen LogP contribution in [0.4, 0.5) is 10.1 Å². The Bertz CT molecular complexity index is 566. The molecule has 0 amide bonds. The topological polar surface area (TPSA) is 72.2 Å². The van der Waals surface area contributed by atoms with Crippen LogP contribution in [0.3, 0.4) is 0 Å². The number of anilines is 1. The number of nitrogen functional groups attached to an aromatic ring is 1. The molecule has 0 bridgehead atoms. The smallest absolute Gasteiger partial charge is 0.243 e. The summed E-state index contributed by atoms with van der Waals surface area (Å²) >= 11 is 1.66. The highest BCUT2D eigenvalue weighted by Crippen LogP contribution is 2.42. The Kier molecular flexibility index (Phi) is 4.08. The zero-order valence-electron chi connectivity index (χ0n) is 10.6. The number of nitrogens with two attached hydrogens (primary N) is 1. The molecule has 0 atom stereocenters. The third-order valence-corrected chi connectivity index (χ3v) is 6.38. The Morgan fingerprint density at radius 1 is 1.47 bits per heavy atom. The molecule has 0 aromatic heterocycles. The van der Waals surface area contributed by atoms with E-state index in [0.717, 1.165) is 25.3 Å². The van der Waals surface area contributed by atoms with E-state index in [1.165, 1.54) is 12.1 Å². The SMILES string of the molecule is CSC1(CNS(=O)(=O)c2ccc(N)cc2F)CCC1. The molecule has 4 nitrogen and oxygen atoms in total. The summed E-state index contributed by atoms with van der Waals surface area (Å²) in [4.78, 5) is -0.350. The molecule has 0 aliphatic heterocycles. The van der Waals surface area contributed by atoms with Crippen molar-refractivity contribution in [2.75, 3.05) is 18.5 Å². The van der Waals surface area contributed by atoms with Crippen molar-refractivity contribution in [2.24, 2.45) is 0 Å². The molecule has 19 heavy (non-hydrogen) atoms. The van der Waals surface area contributed by atoms with Crippen molar-refractivity contribution in [3.05, 3.63) is 24.0 Å². The maximum atomic E-state index is 13.6. The van der Waals surface area contributed by atoms with Gasteiger partial charge in [-0.3, -0.25) is 0 Å². The minimum Gasteiger partial charge on any atom is -0.399 e. The lowest BCUT2D eigenvalue weighted by molar-refractivity contribution is 0.361. The molecule has 1 aliphatic rings. The van der Waals surface area contributed by atoms with Crippen molar-refractivity contribution in [1.82, 2.24) is 4.72 Å². The van der Waals surface area contributed by atoms with E-state index in [4.69, 9.17) is 5.73 Å². The molecule has 1 fully saturated rings. The highest BCUT2D eigenvalue weighted by Gasteiger charge is 2.37.